The van der Waals surface area contributed by atoms with E-state index >= 15 is 0 Å². The summed E-state index contributed by atoms with van der Waals surface area (Å²) in [5.74, 6) is 0.753. The van der Waals surface area contributed by atoms with Gasteiger partial charge in [-0.15, -0.1) is 0 Å². The summed E-state index contributed by atoms with van der Waals surface area (Å²) in [6, 6.07) is 0.676. The molecule has 1 rings (SSSR count). The fraction of sp³-hybridized carbons (Fsp3) is 1.00. The van der Waals surface area contributed by atoms with Crippen LogP contribution in [0.15, 0.2) is 0 Å². The Bertz CT molecular complexity index is 108. The first-order valence-electron chi connectivity index (χ1n) is 5.13. The third-order valence-corrected chi connectivity index (χ3v) is 2.74. The Balaban J connectivity index is 2.29. The molecule has 2 unspecified atom stereocenters. The second-order valence-electron chi connectivity index (χ2n) is 3.66. The highest BCUT2D eigenvalue weighted by molar-refractivity contribution is 4.76. The van der Waals surface area contributed by atoms with Crippen molar-refractivity contribution in [3.63, 3.8) is 0 Å². The Morgan fingerprint density at radius 1 is 1.58 bits per heavy atom. The van der Waals surface area contributed by atoms with Gasteiger partial charge in [0.05, 0.1) is 6.61 Å². The zero-order chi connectivity index (χ0) is 8.81. The first-order valence-corrected chi connectivity index (χ1v) is 5.13. The van der Waals surface area contributed by atoms with Crippen LogP contribution in [0, 0.1) is 5.92 Å². The summed E-state index contributed by atoms with van der Waals surface area (Å²) in [4.78, 5) is 0. The molecule has 2 atom stereocenters. The lowest BCUT2D eigenvalue weighted by atomic mass is 9.91. The Kier molecular flexibility index (Phi) is 4.62. The third kappa shape index (κ3) is 2.76. The number of rotatable bonds is 4. The lowest BCUT2D eigenvalue weighted by Gasteiger charge is -2.29. The maximum absolute atomic E-state index is 5.47. The molecule has 0 aromatic rings. The zero-order valence-electron chi connectivity index (χ0n) is 8.31. The molecule has 1 fully saturated rings. The van der Waals surface area contributed by atoms with E-state index in [2.05, 4.69) is 19.3 Å². The molecule has 0 radical (unpaired) electrons. The van der Waals surface area contributed by atoms with Crippen LogP contribution in [-0.2, 0) is 4.74 Å². The smallest absolute Gasteiger partial charge is 0.0509 e. The predicted octanol–water partition coefficient (Wildman–Crippen LogP) is 1.80. The molecule has 0 amide bonds. The fourth-order valence-corrected chi connectivity index (χ4v) is 2.01. The van der Waals surface area contributed by atoms with Gasteiger partial charge in [-0.3, -0.25) is 0 Å². The van der Waals surface area contributed by atoms with E-state index in [-0.39, 0.29) is 0 Å². The van der Waals surface area contributed by atoms with Gasteiger partial charge in [0, 0.05) is 12.6 Å². The van der Waals surface area contributed by atoms with E-state index in [0.717, 1.165) is 19.1 Å². The van der Waals surface area contributed by atoms with Gasteiger partial charge in [-0.1, -0.05) is 13.3 Å². The summed E-state index contributed by atoms with van der Waals surface area (Å²) in [7, 11) is 2.06. The molecule has 0 aromatic carbocycles. The molecule has 72 valence electrons. The SMILES string of the molecule is CCCC(NC)C1CCCOC1. The van der Waals surface area contributed by atoms with Gasteiger partial charge in [-0.2, -0.15) is 0 Å². The van der Waals surface area contributed by atoms with E-state index in [9.17, 15) is 0 Å². The molecule has 0 aliphatic carbocycles. The average Bonchev–Trinajstić information content (AvgIpc) is 2.15. The lowest BCUT2D eigenvalue weighted by molar-refractivity contribution is 0.0390. The summed E-state index contributed by atoms with van der Waals surface area (Å²) in [5.41, 5.74) is 0. The molecular weight excluding hydrogens is 150 g/mol. The van der Waals surface area contributed by atoms with E-state index in [4.69, 9.17) is 4.74 Å². The summed E-state index contributed by atoms with van der Waals surface area (Å²) in [6.07, 6.45) is 5.13. The summed E-state index contributed by atoms with van der Waals surface area (Å²) < 4.78 is 5.47. The van der Waals surface area contributed by atoms with E-state index in [1.54, 1.807) is 0 Å². The van der Waals surface area contributed by atoms with E-state index in [1.165, 1.54) is 25.7 Å². The highest BCUT2D eigenvalue weighted by Gasteiger charge is 2.21. The van der Waals surface area contributed by atoms with Crippen molar-refractivity contribution in [3.8, 4) is 0 Å². The fourth-order valence-electron chi connectivity index (χ4n) is 2.01. The molecule has 1 heterocycles. The predicted molar refractivity (Wildman–Crippen MR) is 51.3 cm³/mol. The summed E-state index contributed by atoms with van der Waals surface area (Å²) in [5, 5.41) is 3.39. The summed E-state index contributed by atoms with van der Waals surface area (Å²) >= 11 is 0. The highest BCUT2D eigenvalue weighted by Crippen LogP contribution is 2.19. The Morgan fingerprint density at radius 3 is 2.92 bits per heavy atom. The summed E-state index contributed by atoms with van der Waals surface area (Å²) in [6.45, 7) is 4.18. The van der Waals surface area contributed by atoms with Gasteiger partial charge in [0.2, 0.25) is 0 Å². The van der Waals surface area contributed by atoms with Crippen molar-refractivity contribution in [1.82, 2.24) is 5.32 Å². The van der Waals surface area contributed by atoms with Crippen LogP contribution in [0.4, 0.5) is 0 Å². The second kappa shape index (κ2) is 5.55. The number of hydrogen-bond donors (Lipinski definition) is 1. The minimum Gasteiger partial charge on any atom is -0.381 e. The standard InChI is InChI=1S/C10H21NO/c1-3-5-10(11-2)9-6-4-7-12-8-9/h9-11H,3-8H2,1-2H3. The molecule has 0 bridgehead atoms. The van der Waals surface area contributed by atoms with Crippen molar-refractivity contribution in [2.24, 2.45) is 5.92 Å². The van der Waals surface area contributed by atoms with Crippen molar-refractivity contribution in [1.29, 1.82) is 0 Å². The quantitative estimate of drug-likeness (QED) is 0.696. The van der Waals surface area contributed by atoms with E-state index in [0.29, 0.717) is 6.04 Å². The molecule has 1 N–H and O–H groups in total. The van der Waals surface area contributed by atoms with Crippen LogP contribution in [0.5, 0.6) is 0 Å². The number of hydrogen-bond acceptors (Lipinski definition) is 2. The monoisotopic (exact) mass is 171 g/mol. The second-order valence-corrected chi connectivity index (χ2v) is 3.66. The van der Waals surface area contributed by atoms with Crippen molar-refractivity contribution >= 4 is 0 Å². The van der Waals surface area contributed by atoms with Crippen molar-refractivity contribution in [2.45, 2.75) is 38.6 Å². The molecule has 0 saturated carbocycles. The van der Waals surface area contributed by atoms with Gasteiger partial charge in [0.15, 0.2) is 0 Å². The van der Waals surface area contributed by atoms with Crippen LogP contribution in [0.2, 0.25) is 0 Å². The zero-order valence-corrected chi connectivity index (χ0v) is 8.31. The van der Waals surface area contributed by atoms with Gasteiger partial charge in [0.25, 0.3) is 0 Å². The first-order chi connectivity index (χ1) is 5.88. The Morgan fingerprint density at radius 2 is 2.42 bits per heavy atom. The van der Waals surface area contributed by atoms with Gasteiger partial charge < -0.3 is 10.1 Å². The number of ether oxygens (including phenoxy) is 1. The molecule has 1 aliphatic heterocycles. The van der Waals surface area contributed by atoms with Crippen LogP contribution in [0.3, 0.4) is 0 Å². The van der Waals surface area contributed by atoms with Crippen molar-refractivity contribution < 1.29 is 4.74 Å². The van der Waals surface area contributed by atoms with E-state index in [1.807, 2.05) is 0 Å². The van der Waals surface area contributed by atoms with E-state index < -0.39 is 0 Å². The first kappa shape index (κ1) is 10.0. The van der Waals surface area contributed by atoms with Crippen LogP contribution in [0.1, 0.15) is 32.6 Å². The van der Waals surface area contributed by atoms with Gasteiger partial charge >= 0.3 is 0 Å². The Labute approximate surface area is 75.7 Å². The van der Waals surface area contributed by atoms with Crippen LogP contribution >= 0.6 is 0 Å². The normalized spacial score (nSPS) is 27.0. The molecular formula is C10H21NO. The molecule has 2 nitrogen and oxygen atoms in total. The van der Waals surface area contributed by atoms with Gasteiger partial charge in [-0.25, -0.2) is 0 Å². The van der Waals surface area contributed by atoms with Crippen molar-refractivity contribution in [2.75, 3.05) is 20.3 Å². The largest absolute Gasteiger partial charge is 0.381 e. The molecule has 1 saturated heterocycles. The minimum atomic E-state index is 0.676. The number of nitrogens with one attached hydrogen (secondary N) is 1. The third-order valence-electron chi connectivity index (χ3n) is 2.74. The highest BCUT2D eigenvalue weighted by atomic mass is 16.5. The van der Waals surface area contributed by atoms with Crippen LogP contribution < -0.4 is 5.32 Å². The van der Waals surface area contributed by atoms with Crippen LogP contribution in [-0.4, -0.2) is 26.3 Å². The maximum Gasteiger partial charge on any atom is 0.0509 e. The minimum absolute atomic E-state index is 0.676. The maximum atomic E-state index is 5.47. The molecule has 2 heteroatoms. The molecule has 0 spiro atoms. The lowest BCUT2D eigenvalue weighted by Crippen LogP contribution is -2.38. The van der Waals surface area contributed by atoms with Crippen molar-refractivity contribution in [3.05, 3.63) is 0 Å². The molecule has 12 heavy (non-hydrogen) atoms. The van der Waals surface area contributed by atoms with Gasteiger partial charge in [0.1, 0.15) is 0 Å². The average molecular weight is 171 g/mol. The molecule has 0 aromatic heterocycles. The van der Waals surface area contributed by atoms with Crippen LogP contribution in [0.25, 0.3) is 0 Å². The topological polar surface area (TPSA) is 21.3 Å². The molecule has 1 aliphatic rings. The Hall–Kier alpha value is -0.0800. The van der Waals surface area contributed by atoms with Gasteiger partial charge in [-0.05, 0) is 32.2 Å².